The number of amides is 1. The molecule has 3 aromatic rings. The fraction of sp³-hybridized carbons (Fsp3) is 0.406. The number of nitrogens with one attached hydrogen (secondary N) is 1. The number of benzene rings is 3. The number of nitro groups is 1. The molecule has 1 heterocycles. The van der Waals surface area contributed by atoms with E-state index in [1.165, 1.54) is 22.5 Å². The average Bonchev–Trinajstić information content (AvgIpc) is 3.17. The Hall–Kier alpha value is -3.53. The van der Waals surface area contributed by atoms with Gasteiger partial charge >= 0.3 is 0 Å². The molecule has 4 rings (SSSR count). The molecule has 1 fully saturated rings. The van der Waals surface area contributed by atoms with E-state index in [1.54, 1.807) is 6.07 Å². The molecule has 0 saturated carbocycles. The molecule has 3 aromatic carbocycles. The molecule has 0 radical (unpaired) electrons. The normalized spacial score (nSPS) is 14.9. The number of carbonyl (C=O) groups excluding carboxylic acids is 1. The number of nitrogens with zero attached hydrogens (tertiary/aromatic N) is 3. The lowest BCUT2D eigenvalue weighted by molar-refractivity contribution is -0.384. The summed E-state index contributed by atoms with van der Waals surface area (Å²) in [7, 11) is -0.581. The molecule has 218 valence electrons. The Morgan fingerprint density at radius 1 is 0.951 bits per heavy atom. The summed E-state index contributed by atoms with van der Waals surface area (Å²) in [6, 6.07) is 25.6. The van der Waals surface area contributed by atoms with Crippen LogP contribution in [0, 0.1) is 10.1 Å². The second-order valence-electron chi connectivity index (χ2n) is 11.8. The van der Waals surface area contributed by atoms with E-state index in [4.69, 9.17) is 4.43 Å². The van der Waals surface area contributed by atoms with Crippen molar-refractivity contribution in [2.24, 2.45) is 0 Å². The summed E-state index contributed by atoms with van der Waals surface area (Å²) in [6.45, 7) is 10.6. The van der Waals surface area contributed by atoms with Crippen molar-refractivity contribution in [3.8, 4) is 0 Å². The van der Waals surface area contributed by atoms with E-state index in [1.807, 2.05) is 12.1 Å². The summed E-state index contributed by atoms with van der Waals surface area (Å²) < 4.78 is 6.92. The van der Waals surface area contributed by atoms with Crippen molar-refractivity contribution in [3.05, 3.63) is 89.0 Å². The molecule has 1 aliphatic heterocycles. The Bertz CT molecular complexity index is 1270. The van der Waals surface area contributed by atoms with Gasteiger partial charge in [0.2, 0.25) is 5.91 Å². The Labute approximate surface area is 244 Å². The third kappa shape index (κ3) is 7.22. The van der Waals surface area contributed by atoms with E-state index >= 15 is 0 Å². The molecule has 1 amide bonds. The molecular formula is C32H42N4O4Si. The summed E-state index contributed by atoms with van der Waals surface area (Å²) in [6.07, 6.45) is 1.78. The second-order valence-corrected chi connectivity index (χ2v) is 16.1. The first-order chi connectivity index (χ1) is 19.6. The fourth-order valence-corrected chi connectivity index (χ4v) is 10.3. The van der Waals surface area contributed by atoms with Crippen LogP contribution < -0.4 is 20.6 Å². The fourth-order valence-electron chi connectivity index (χ4n) is 5.73. The van der Waals surface area contributed by atoms with Crippen LogP contribution in [0.2, 0.25) is 5.04 Å². The van der Waals surface area contributed by atoms with Gasteiger partial charge in [-0.05, 0) is 47.9 Å². The molecule has 0 unspecified atom stereocenters. The van der Waals surface area contributed by atoms with Crippen LogP contribution in [0.1, 0.15) is 40.0 Å². The molecule has 0 spiro atoms. The van der Waals surface area contributed by atoms with Crippen molar-refractivity contribution < 1.29 is 14.1 Å². The van der Waals surface area contributed by atoms with Gasteiger partial charge in [0, 0.05) is 44.8 Å². The average molecular weight is 575 g/mol. The maximum absolute atomic E-state index is 13.2. The van der Waals surface area contributed by atoms with Crippen molar-refractivity contribution in [1.29, 1.82) is 0 Å². The summed E-state index contributed by atoms with van der Waals surface area (Å²) in [5.41, 5.74) is 1.27. The lowest BCUT2D eigenvalue weighted by Gasteiger charge is -2.43. The van der Waals surface area contributed by atoms with Crippen LogP contribution in [0.5, 0.6) is 0 Å². The van der Waals surface area contributed by atoms with Crippen LogP contribution in [0.3, 0.4) is 0 Å². The summed E-state index contributed by atoms with van der Waals surface area (Å²) in [5, 5.41) is 16.7. The van der Waals surface area contributed by atoms with Crippen LogP contribution in [0.25, 0.3) is 0 Å². The first-order valence-corrected chi connectivity index (χ1v) is 16.3. The Morgan fingerprint density at radius 2 is 1.59 bits per heavy atom. The van der Waals surface area contributed by atoms with Gasteiger partial charge < -0.3 is 19.5 Å². The highest BCUT2D eigenvalue weighted by atomic mass is 28.4. The minimum absolute atomic E-state index is 0.0361. The van der Waals surface area contributed by atoms with E-state index < -0.39 is 13.2 Å². The zero-order chi connectivity index (χ0) is 29.5. The predicted molar refractivity (Wildman–Crippen MR) is 169 cm³/mol. The van der Waals surface area contributed by atoms with Crippen LogP contribution >= 0.6 is 0 Å². The van der Waals surface area contributed by atoms with Crippen molar-refractivity contribution >= 4 is 41.7 Å². The van der Waals surface area contributed by atoms with Crippen molar-refractivity contribution in [1.82, 2.24) is 4.90 Å². The number of non-ortho nitro benzene ring substituents is 1. The van der Waals surface area contributed by atoms with E-state index in [9.17, 15) is 14.9 Å². The molecule has 1 N–H and O–H groups in total. The number of hydrogen-bond acceptors (Lipinski definition) is 6. The maximum atomic E-state index is 13.2. The molecule has 0 atom stereocenters. The van der Waals surface area contributed by atoms with Gasteiger partial charge in [-0.1, -0.05) is 81.4 Å². The van der Waals surface area contributed by atoms with Gasteiger partial charge in [-0.15, -0.1) is 0 Å². The standard InChI is InChI=1S/C32H42N4O4Si/c1-32(2,3)41(27-13-7-5-8-14-27,28-15-9-6-10-16-28)40-24-11-17-31(37)33-29-25-26(36(38)39)18-19-30(29)35-21-12-20-34(4)22-23-35/h5-10,13-16,18-19,25H,11-12,17,20-24H2,1-4H3,(H,33,37). The number of anilines is 2. The molecular weight excluding hydrogens is 532 g/mol. The summed E-state index contributed by atoms with van der Waals surface area (Å²) in [5.74, 6) is -0.176. The van der Waals surface area contributed by atoms with E-state index in [2.05, 4.69) is 91.5 Å². The van der Waals surface area contributed by atoms with Gasteiger partial charge in [0.1, 0.15) is 0 Å². The molecule has 8 nitrogen and oxygen atoms in total. The van der Waals surface area contributed by atoms with Crippen molar-refractivity contribution in [2.45, 2.75) is 45.1 Å². The van der Waals surface area contributed by atoms with Crippen LogP contribution in [-0.4, -0.2) is 63.9 Å². The number of carbonyl (C=O) groups is 1. The summed E-state index contributed by atoms with van der Waals surface area (Å²) >= 11 is 0. The minimum atomic E-state index is -2.67. The first-order valence-electron chi connectivity index (χ1n) is 14.4. The zero-order valence-electron chi connectivity index (χ0n) is 24.6. The third-order valence-corrected chi connectivity index (χ3v) is 12.9. The smallest absolute Gasteiger partial charge is 0.271 e. The zero-order valence-corrected chi connectivity index (χ0v) is 25.6. The van der Waals surface area contributed by atoms with Crippen molar-refractivity contribution in [3.63, 3.8) is 0 Å². The van der Waals surface area contributed by atoms with Crippen molar-refractivity contribution in [2.75, 3.05) is 50.1 Å². The molecule has 0 bridgehead atoms. The quantitative estimate of drug-likeness (QED) is 0.158. The van der Waals surface area contributed by atoms with Crippen LogP contribution in [0.4, 0.5) is 17.1 Å². The molecule has 9 heteroatoms. The summed E-state index contributed by atoms with van der Waals surface area (Å²) in [4.78, 5) is 28.7. The van der Waals surface area contributed by atoms with Gasteiger partial charge in [0.25, 0.3) is 14.0 Å². The molecule has 0 aliphatic carbocycles. The van der Waals surface area contributed by atoms with Crippen LogP contribution in [0.15, 0.2) is 78.9 Å². The molecule has 1 saturated heterocycles. The van der Waals surface area contributed by atoms with Gasteiger partial charge in [0.15, 0.2) is 0 Å². The topological polar surface area (TPSA) is 88.0 Å². The van der Waals surface area contributed by atoms with Gasteiger partial charge in [-0.3, -0.25) is 14.9 Å². The highest BCUT2D eigenvalue weighted by Crippen LogP contribution is 2.37. The Balaban J connectivity index is 1.49. The Morgan fingerprint density at radius 3 is 2.17 bits per heavy atom. The maximum Gasteiger partial charge on any atom is 0.271 e. The third-order valence-electron chi connectivity index (χ3n) is 7.81. The highest BCUT2D eigenvalue weighted by Gasteiger charge is 2.49. The predicted octanol–water partition coefficient (Wildman–Crippen LogP) is 5.03. The monoisotopic (exact) mass is 574 g/mol. The number of hydrogen-bond donors (Lipinski definition) is 1. The highest BCUT2D eigenvalue weighted by molar-refractivity contribution is 6.99. The van der Waals surface area contributed by atoms with Gasteiger partial charge in [-0.2, -0.15) is 0 Å². The largest absolute Gasteiger partial charge is 0.407 e. The lowest BCUT2D eigenvalue weighted by Crippen LogP contribution is -2.66. The first kappa shape index (κ1) is 30.4. The van der Waals surface area contributed by atoms with Gasteiger partial charge in [-0.25, -0.2) is 0 Å². The Kier molecular flexibility index (Phi) is 9.96. The lowest BCUT2D eigenvalue weighted by atomic mass is 10.2. The van der Waals surface area contributed by atoms with Crippen LogP contribution in [-0.2, 0) is 9.22 Å². The number of rotatable bonds is 10. The molecule has 0 aromatic heterocycles. The molecule has 1 aliphatic rings. The SMILES string of the molecule is CN1CCCN(c2ccc([N+](=O)[O-])cc2NC(=O)CCCO[Si](c2ccccc2)(c2ccccc2)C(C)(C)C)CC1. The second kappa shape index (κ2) is 13.4. The minimum Gasteiger partial charge on any atom is -0.407 e. The van der Waals surface area contributed by atoms with E-state index in [-0.39, 0.29) is 23.1 Å². The van der Waals surface area contributed by atoms with E-state index in [0.717, 1.165) is 38.3 Å². The number of likely N-dealkylation sites (N-methyl/N-ethyl adjacent to an activating group) is 1. The molecule has 41 heavy (non-hydrogen) atoms. The van der Waals surface area contributed by atoms with Gasteiger partial charge in [0.05, 0.1) is 16.3 Å². The number of nitro benzene ring substituents is 1. The van der Waals surface area contributed by atoms with E-state index in [0.29, 0.717) is 18.7 Å².